The number of carboxylic acids is 1. The molecule has 1 aromatic carbocycles. The van der Waals surface area contributed by atoms with Crippen LogP contribution in [0.15, 0.2) is 28.7 Å². The van der Waals surface area contributed by atoms with Crippen LogP contribution in [-0.2, 0) is 9.59 Å². The van der Waals surface area contributed by atoms with E-state index in [4.69, 9.17) is 9.84 Å². The molecule has 0 aliphatic carbocycles. The van der Waals surface area contributed by atoms with Gasteiger partial charge in [-0.15, -0.1) is 0 Å². The van der Waals surface area contributed by atoms with Gasteiger partial charge >= 0.3 is 5.97 Å². The molecule has 0 aliphatic heterocycles. The van der Waals surface area contributed by atoms with Crippen molar-refractivity contribution >= 4 is 33.9 Å². The Kier molecular flexibility index (Phi) is 9.05. The third-order valence-electron chi connectivity index (χ3n) is 3.05. The van der Waals surface area contributed by atoms with E-state index in [0.29, 0.717) is 19.6 Å². The Morgan fingerprint density at radius 3 is 2.78 bits per heavy atom. The molecule has 0 aliphatic rings. The molecule has 0 spiro atoms. The Morgan fingerprint density at radius 2 is 2.09 bits per heavy atom. The fourth-order valence-electron chi connectivity index (χ4n) is 1.95. The van der Waals surface area contributed by atoms with Gasteiger partial charge in [0.25, 0.3) is 0 Å². The molecule has 0 saturated carbocycles. The molecule has 0 radical (unpaired) electrons. The van der Waals surface area contributed by atoms with Crippen molar-refractivity contribution in [3.8, 4) is 5.75 Å². The molecule has 1 amide bonds. The van der Waals surface area contributed by atoms with E-state index < -0.39 is 5.97 Å². The van der Waals surface area contributed by atoms with Crippen LogP contribution < -0.4 is 10.1 Å². The average Bonchev–Trinajstić information content (AvgIpc) is 2.50. The summed E-state index contributed by atoms with van der Waals surface area (Å²) >= 11 is 3.40. The van der Waals surface area contributed by atoms with Crippen LogP contribution >= 0.6 is 15.9 Å². The average molecular weight is 384 g/mol. The Morgan fingerprint density at radius 1 is 1.30 bits per heavy atom. The van der Waals surface area contributed by atoms with Crippen molar-refractivity contribution in [3.05, 3.63) is 34.3 Å². The highest BCUT2D eigenvalue weighted by Crippen LogP contribution is 2.24. The van der Waals surface area contributed by atoms with Gasteiger partial charge in [0.05, 0.1) is 6.61 Å². The molecule has 1 rings (SSSR count). The van der Waals surface area contributed by atoms with Gasteiger partial charge in [-0.2, -0.15) is 0 Å². The second-order valence-corrected chi connectivity index (χ2v) is 5.86. The topological polar surface area (TPSA) is 75.6 Å². The standard InChI is InChI=1S/C17H22BrNO4/c1-2-23-15-9-8-14(18)12-13(15)7-10-16(20)19-11-5-3-4-6-17(21)22/h7-10,12H,2-6,11H2,1H3,(H,19,20)(H,21,22)/b10-7+. The predicted octanol–water partition coefficient (Wildman–Crippen LogP) is 3.62. The first-order valence-corrected chi connectivity index (χ1v) is 8.42. The molecule has 0 aromatic heterocycles. The zero-order valence-electron chi connectivity index (χ0n) is 13.2. The van der Waals surface area contributed by atoms with Crippen molar-refractivity contribution in [1.82, 2.24) is 5.32 Å². The van der Waals surface area contributed by atoms with Crippen molar-refractivity contribution in [2.75, 3.05) is 13.2 Å². The summed E-state index contributed by atoms with van der Waals surface area (Å²) in [6.45, 7) is 3.01. The fraction of sp³-hybridized carbons (Fsp3) is 0.412. The first-order chi connectivity index (χ1) is 11.0. The number of aliphatic carboxylic acids is 1. The normalized spacial score (nSPS) is 10.7. The minimum absolute atomic E-state index is 0.175. The third-order valence-corrected chi connectivity index (χ3v) is 3.55. The molecule has 0 unspecified atom stereocenters. The highest BCUT2D eigenvalue weighted by Gasteiger charge is 2.02. The van der Waals surface area contributed by atoms with Crippen LogP contribution in [0.1, 0.15) is 38.2 Å². The Bertz CT molecular complexity index is 558. The molecular formula is C17H22BrNO4. The van der Waals surface area contributed by atoms with Crippen LogP contribution in [0, 0.1) is 0 Å². The van der Waals surface area contributed by atoms with Gasteiger partial charge in [0, 0.05) is 29.1 Å². The lowest BCUT2D eigenvalue weighted by Crippen LogP contribution is -2.22. The largest absolute Gasteiger partial charge is 0.493 e. The van der Waals surface area contributed by atoms with Crippen LogP contribution in [0.4, 0.5) is 0 Å². The molecule has 0 fully saturated rings. The Hall–Kier alpha value is -1.82. The zero-order valence-corrected chi connectivity index (χ0v) is 14.8. The van der Waals surface area contributed by atoms with E-state index in [1.165, 1.54) is 6.08 Å². The lowest BCUT2D eigenvalue weighted by Gasteiger charge is -2.07. The minimum atomic E-state index is -0.781. The maximum atomic E-state index is 11.8. The maximum Gasteiger partial charge on any atom is 0.303 e. The molecule has 23 heavy (non-hydrogen) atoms. The van der Waals surface area contributed by atoms with Crippen LogP contribution in [0.25, 0.3) is 6.08 Å². The number of nitrogens with one attached hydrogen (secondary N) is 1. The molecule has 5 nitrogen and oxygen atoms in total. The number of carboxylic acid groups (broad SMARTS) is 1. The van der Waals surface area contributed by atoms with E-state index in [-0.39, 0.29) is 12.3 Å². The van der Waals surface area contributed by atoms with Crippen LogP contribution in [-0.4, -0.2) is 30.1 Å². The summed E-state index contributed by atoms with van der Waals surface area (Å²) in [5.74, 6) is -0.227. The number of rotatable bonds is 10. The van der Waals surface area contributed by atoms with Gasteiger partial charge in [0.15, 0.2) is 0 Å². The monoisotopic (exact) mass is 383 g/mol. The zero-order chi connectivity index (χ0) is 17.1. The lowest BCUT2D eigenvalue weighted by molar-refractivity contribution is -0.137. The van der Waals surface area contributed by atoms with E-state index in [2.05, 4.69) is 21.2 Å². The highest BCUT2D eigenvalue weighted by molar-refractivity contribution is 9.10. The molecule has 1 aromatic rings. The van der Waals surface area contributed by atoms with Gasteiger partial charge in [-0.3, -0.25) is 9.59 Å². The second-order valence-electron chi connectivity index (χ2n) is 4.94. The van der Waals surface area contributed by atoms with Crippen LogP contribution in [0.5, 0.6) is 5.75 Å². The van der Waals surface area contributed by atoms with Crippen molar-refractivity contribution in [2.24, 2.45) is 0 Å². The van der Waals surface area contributed by atoms with E-state index in [9.17, 15) is 9.59 Å². The Balaban J connectivity index is 2.40. The van der Waals surface area contributed by atoms with Gasteiger partial charge in [-0.1, -0.05) is 22.4 Å². The van der Waals surface area contributed by atoms with Crippen molar-refractivity contribution in [1.29, 1.82) is 0 Å². The minimum Gasteiger partial charge on any atom is -0.493 e. The van der Waals surface area contributed by atoms with Gasteiger partial charge in [0.2, 0.25) is 5.91 Å². The third kappa shape index (κ3) is 8.40. The molecule has 6 heteroatoms. The molecule has 0 atom stereocenters. The SMILES string of the molecule is CCOc1ccc(Br)cc1/C=C/C(=O)NCCCCCC(=O)O. The Labute approximate surface area is 144 Å². The van der Waals surface area contributed by atoms with Gasteiger partial charge in [0.1, 0.15) is 5.75 Å². The summed E-state index contributed by atoms with van der Waals surface area (Å²) < 4.78 is 6.43. The molecule has 0 bridgehead atoms. The van der Waals surface area contributed by atoms with E-state index in [1.807, 2.05) is 25.1 Å². The highest BCUT2D eigenvalue weighted by atomic mass is 79.9. The number of unbranched alkanes of at least 4 members (excludes halogenated alkanes) is 2. The van der Waals surface area contributed by atoms with E-state index in [0.717, 1.165) is 28.6 Å². The molecular weight excluding hydrogens is 362 g/mol. The number of carbonyl (C=O) groups excluding carboxylic acids is 1. The number of hydrogen-bond acceptors (Lipinski definition) is 3. The quantitative estimate of drug-likeness (QED) is 0.477. The van der Waals surface area contributed by atoms with E-state index in [1.54, 1.807) is 6.08 Å². The van der Waals surface area contributed by atoms with Gasteiger partial charge in [-0.25, -0.2) is 0 Å². The summed E-state index contributed by atoms with van der Waals surface area (Å²) in [4.78, 5) is 22.1. The molecule has 126 valence electrons. The molecule has 0 heterocycles. The smallest absolute Gasteiger partial charge is 0.303 e. The summed E-state index contributed by atoms with van der Waals surface area (Å²) in [6.07, 6.45) is 5.56. The van der Waals surface area contributed by atoms with Gasteiger partial charge in [-0.05, 0) is 44.0 Å². The summed E-state index contributed by atoms with van der Waals surface area (Å²) in [7, 11) is 0. The van der Waals surface area contributed by atoms with Gasteiger partial charge < -0.3 is 15.2 Å². The number of hydrogen-bond donors (Lipinski definition) is 2. The molecule has 2 N–H and O–H groups in total. The van der Waals surface area contributed by atoms with Crippen LogP contribution in [0.3, 0.4) is 0 Å². The first kappa shape index (κ1) is 19.2. The number of benzene rings is 1. The maximum absolute atomic E-state index is 11.8. The lowest BCUT2D eigenvalue weighted by atomic mass is 10.2. The number of halogens is 1. The summed E-state index contributed by atoms with van der Waals surface area (Å²) in [5.41, 5.74) is 0.831. The summed E-state index contributed by atoms with van der Waals surface area (Å²) in [6, 6.07) is 5.63. The van der Waals surface area contributed by atoms with Crippen molar-refractivity contribution < 1.29 is 19.4 Å². The van der Waals surface area contributed by atoms with Crippen molar-refractivity contribution in [2.45, 2.75) is 32.6 Å². The first-order valence-electron chi connectivity index (χ1n) is 7.63. The fourth-order valence-corrected chi connectivity index (χ4v) is 2.33. The summed E-state index contributed by atoms with van der Waals surface area (Å²) in [5, 5.41) is 11.3. The predicted molar refractivity (Wildman–Crippen MR) is 93.5 cm³/mol. The second kappa shape index (κ2) is 10.8. The van der Waals surface area contributed by atoms with Crippen molar-refractivity contribution in [3.63, 3.8) is 0 Å². The van der Waals surface area contributed by atoms with Crippen LogP contribution in [0.2, 0.25) is 0 Å². The number of carbonyl (C=O) groups is 2. The number of amides is 1. The molecule has 0 saturated heterocycles. The van der Waals surface area contributed by atoms with E-state index >= 15 is 0 Å². The number of ether oxygens (including phenoxy) is 1.